The van der Waals surface area contributed by atoms with Crippen LogP contribution in [0.2, 0.25) is 0 Å². The summed E-state index contributed by atoms with van der Waals surface area (Å²) in [4.78, 5) is 23.7. The van der Waals surface area contributed by atoms with Gasteiger partial charge in [-0.25, -0.2) is 4.79 Å². The lowest BCUT2D eigenvalue weighted by Gasteiger charge is -2.27. The second-order valence-electron chi connectivity index (χ2n) is 5.33. The molecule has 1 N–H and O–H groups in total. The van der Waals surface area contributed by atoms with Crippen LogP contribution in [0.15, 0.2) is 12.2 Å². The van der Waals surface area contributed by atoms with Gasteiger partial charge < -0.3 is 14.8 Å². The van der Waals surface area contributed by atoms with Crippen LogP contribution in [0.1, 0.15) is 52.4 Å². The molecule has 0 saturated heterocycles. The number of rotatable bonds is 8. The highest BCUT2D eigenvalue weighted by atomic mass is 16.5. The highest BCUT2D eigenvalue weighted by Gasteiger charge is 2.26. The molecule has 0 aromatic carbocycles. The minimum absolute atomic E-state index is 0.230. The van der Waals surface area contributed by atoms with Crippen LogP contribution in [0.5, 0.6) is 0 Å². The molecule has 1 aliphatic rings. The minimum Gasteiger partial charge on any atom is -0.465 e. The van der Waals surface area contributed by atoms with E-state index in [1.54, 1.807) is 13.8 Å². The first-order valence-electron chi connectivity index (χ1n) is 7.86. The number of ether oxygens (including phenoxy) is 2. The van der Waals surface area contributed by atoms with E-state index in [4.69, 9.17) is 9.47 Å². The van der Waals surface area contributed by atoms with Gasteiger partial charge in [0.15, 0.2) is 0 Å². The van der Waals surface area contributed by atoms with E-state index in [1.807, 2.05) is 0 Å². The van der Waals surface area contributed by atoms with Crippen LogP contribution >= 0.6 is 0 Å². The molecule has 5 nitrogen and oxygen atoms in total. The summed E-state index contributed by atoms with van der Waals surface area (Å²) >= 11 is 0. The number of hydrogen-bond acceptors (Lipinski definition) is 5. The van der Waals surface area contributed by atoms with Crippen LogP contribution in [-0.4, -0.2) is 37.2 Å². The average Bonchev–Trinajstić information content (AvgIpc) is 2.48. The van der Waals surface area contributed by atoms with E-state index in [0.717, 1.165) is 12.8 Å². The van der Waals surface area contributed by atoms with Crippen LogP contribution < -0.4 is 5.32 Å². The van der Waals surface area contributed by atoms with Crippen molar-refractivity contribution in [3.8, 4) is 0 Å². The smallest absolute Gasteiger partial charge is 0.333 e. The summed E-state index contributed by atoms with van der Waals surface area (Å²) < 4.78 is 10.0. The summed E-state index contributed by atoms with van der Waals surface area (Å²) in [6, 6.07) is -0.215. The second-order valence-corrected chi connectivity index (χ2v) is 5.33. The summed E-state index contributed by atoms with van der Waals surface area (Å²) in [6.07, 6.45) is 5.94. The maximum absolute atomic E-state index is 12.1. The first kappa shape index (κ1) is 17.7. The number of nitrogens with one attached hydrogen (secondary N) is 1. The van der Waals surface area contributed by atoms with Crippen molar-refractivity contribution < 1.29 is 19.1 Å². The molecule has 0 spiro atoms. The van der Waals surface area contributed by atoms with Gasteiger partial charge in [-0.1, -0.05) is 25.8 Å². The Morgan fingerprint density at radius 3 is 2.33 bits per heavy atom. The van der Waals surface area contributed by atoms with Gasteiger partial charge in [0.25, 0.3) is 0 Å². The third-order valence-electron chi connectivity index (χ3n) is 3.63. The third kappa shape index (κ3) is 6.29. The van der Waals surface area contributed by atoms with Crippen molar-refractivity contribution >= 4 is 11.9 Å². The Morgan fingerprint density at radius 2 is 1.76 bits per heavy atom. The molecular formula is C16H27NO4. The van der Waals surface area contributed by atoms with Crippen molar-refractivity contribution in [1.29, 1.82) is 0 Å². The van der Waals surface area contributed by atoms with Crippen LogP contribution in [-0.2, 0) is 19.1 Å². The van der Waals surface area contributed by atoms with E-state index in [2.05, 4.69) is 11.9 Å². The molecule has 1 saturated carbocycles. The van der Waals surface area contributed by atoms with E-state index in [0.29, 0.717) is 24.8 Å². The van der Waals surface area contributed by atoms with Gasteiger partial charge in [0, 0.05) is 18.0 Å². The molecule has 1 rings (SSSR count). The molecule has 1 aliphatic carbocycles. The molecule has 5 heteroatoms. The molecule has 0 radical (unpaired) electrons. The molecule has 0 heterocycles. The van der Waals surface area contributed by atoms with Gasteiger partial charge in [0.1, 0.15) is 6.04 Å². The predicted molar refractivity (Wildman–Crippen MR) is 80.8 cm³/mol. The Morgan fingerprint density at radius 1 is 1.14 bits per heavy atom. The number of hydrogen-bond donors (Lipinski definition) is 1. The molecular weight excluding hydrogens is 270 g/mol. The minimum atomic E-state index is -0.523. The molecule has 21 heavy (non-hydrogen) atoms. The first-order valence-corrected chi connectivity index (χ1v) is 7.86. The van der Waals surface area contributed by atoms with Crippen molar-refractivity contribution in [2.45, 2.75) is 64.5 Å². The largest absolute Gasteiger partial charge is 0.465 e. The average molecular weight is 297 g/mol. The predicted octanol–water partition coefficient (Wildman–Crippen LogP) is 2.35. The van der Waals surface area contributed by atoms with Crippen molar-refractivity contribution in [2.75, 3.05) is 13.2 Å². The monoisotopic (exact) mass is 297 g/mol. The molecule has 0 aliphatic heterocycles. The summed E-state index contributed by atoms with van der Waals surface area (Å²) in [5.41, 5.74) is 0.304. The van der Waals surface area contributed by atoms with Crippen LogP contribution in [0, 0.1) is 0 Å². The summed E-state index contributed by atoms with van der Waals surface area (Å²) in [6.45, 7) is 7.87. The molecule has 0 aromatic rings. The maximum atomic E-state index is 12.1. The number of esters is 2. The molecule has 1 atom stereocenters. The van der Waals surface area contributed by atoms with Crippen LogP contribution in [0.3, 0.4) is 0 Å². The quantitative estimate of drug-likeness (QED) is 0.550. The standard InChI is InChI=1S/C16H27NO4/c1-4-20-15(18)12(3)11-14(16(19)21-5-2)17-13-9-7-6-8-10-13/h13-14,17H,3-11H2,1-2H3. The number of carbonyl (C=O) groups is 2. The Bertz CT molecular complexity index is 361. The molecule has 1 fully saturated rings. The second kappa shape index (κ2) is 9.55. The lowest BCUT2D eigenvalue weighted by atomic mass is 9.94. The van der Waals surface area contributed by atoms with Gasteiger partial charge in [0.2, 0.25) is 0 Å². The van der Waals surface area contributed by atoms with E-state index in [9.17, 15) is 9.59 Å². The Kier molecular flexibility index (Phi) is 8.05. The lowest BCUT2D eigenvalue weighted by Crippen LogP contribution is -2.45. The van der Waals surface area contributed by atoms with E-state index in [-0.39, 0.29) is 12.4 Å². The fraction of sp³-hybridized carbons (Fsp3) is 0.750. The molecule has 120 valence electrons. The Balaban J connectivity index is 2.60. The molecule has 0 bridgehead atoms. The Labute approximate surface area is 127 Å². The summed E-state index contributed by atoms with van der Waals surface area (Å²) in [7, 11) is 0. The van der Waals surface area contributed by atoms with Crippen LogP contribution in [0.4, 0.5) is 0 Å². The van der Waals surface area contributed by atoms with Crippen molar-refractivity contribution in [3.63, 3.8) is 0 Å². The summed E-state index contributed by atoms with van der Waals surface area (Å²) in [5, 5.41) is 3.33. The van der Waals surface area contributed by atoms with Gasteiger partial charge in [-0.15, -0.1) is 0 Å². The molecule has 1 unspecified atom stereocenters. The topological polar surface area (TPSA) is 64.6 Å². The van der Waals surface area contributed by atoms with Crippen molar-refractivity contribution in [3.05, 3.63) is 12.2 Å². The zero-order valence-electron chi connectivity index (χ0n) is 13.2. The lowest BCUT2D eigenvalue weighted by molar-refractivity contribution is -0.146. The fourth-order valence-corrected chi connectivity index (χ4v) is 2.57. The Hall–Kier alpha value is -1.36. The maximum Gasteiger partial charge on any atom is 0.333 e. The zero-order chi connectivity index (χ0) is 15.7. The van der Waals surface area contributed by atoms with Crippen molar-refractivity contribution in [2.24, 2.45) is 0 Å². The van der Waals surface area contributed by atoms with Crippen molar-refractivity contribution in [1.82, 2.24) is 5.32 Å². The highest BCUT2D eigenvalue weighted by Crippen LogP contribution is 2.19. The van der Waals surface area contributed by atoms with E-state index < -0.39 is 12.0 Å². The third-order valence-corrected chi connectivity index (χ3v) is 3.63. The normalized spacial score (nSPS) is 17.0. The van der Waals surface area contributed by atoms with Gasteiger partial charge in [-0.3, -0.25) is 4.79 Å². The summed E-state index contributed by atoms with van der Waals surface area (Å²) in [5.74, 6) is -0.772. The molecule has 0 aromatic heterocycles. The van der Waals surface area contributed by atoms with Gasteiger partial charge in [0.05, 0.1) is 13.2 Å². The van der Waals surface area contributed by atoms with Crippen LogP contribution in [0.25, 0.3) is 0 Å². The van der Waals surface area contributed by atoms with E-state index in [1.165, 1.54) is 19.3 Å². The first-order chi connectivity index (χ1) is 10.1. The van der Waals surface area contributed by atoms with Gasteiger partial charge in [-0.2, -0.15) is 0 Å². The SMILES string of the molecule is C=C(CC(NC1CCCCC1)C(=O)OCC)C(=O)OCC. The van der Waals surface area contributed by atoms with E-state index >= 15 is 0 Å². The van der Waals surface area contributed by atoms with Gasteiger partial charge >= 0.3 is 11.9 Å². The molecule has 0 amide bonds. The highest BCUT2D eigenvalue weighted by molar-refractivity contribution is 5.89. The fourth-order valence-electron chi connectivity index (χ4n) is 2.57. The zero-order valence-corrected chi connectivity index (χ0v) is 13.2. The van der Waals surface area contributed by atoms with Gasteiger partial charge in [-0.05, 0) is 26.7 Å². The number of carbonyl (C=O) groups excluding carboxylic acids is 2.